The Balaban J connectivity index is 2.04. The lowest BCUT2D eigenvalue weighted by Crippen LogP contribution is -1.92. The topological polar surface area (TPSA) is 22.1 Å². The van der Waals surface area contributed by atoms with Gasteiger partial charge in [-0.3, -0.25) is 0 Å². The van der Waals surface area contributed by atoms with E-state index in [0.717, 1.165) is 16.8 Å². The highest BCUT2D eigenvalue weighted by molar-refractivity contribution is 5.80. The molecule has 3 aromatic rings. The van der Waals surface area contributed by atoms with Crippen LogP contribution in [0.25, 0.3) is 10.9 Å². The maximum atomic E-state index is 13.1. The van der Waals surface area contributed by atoms with E-state index in [2.05, 4.69) is 4.98 Å². The molecule has 3 rings (SSSR count). The third kappa shape index (κ3) is 2.40. The zero-order valence-electron chi connectivity index (χ0n) is 10.4. The summed E-state index contributed by atoms with van der Waals surface area (Å²) in [5.41, 5.74) is 1.37. The Labute approximate surface area is 110 Å². The molecular formula is C16H12FNO. The van der Waals surface area contributed by atoms with Crippen molar-refractivity contribution in [1.29, 1.82) is 0 Å². The number of halogens is 1. The molecule has 3 heteroatoms. The fraction of sp³-hybridized carbons (Fsp3) is 0.0625. The second-order valence-electron chi connectivity index (χ2n) is 4.32. The van der Waals surface area contributed by atoms with Crippen molar-refractivity contribution < 1.29 is 9.13 Å². The largest absolute Gasteiger partial charge is 0.455 e. The lowest BCUT2D eigenvalue weighted by molar-refractivity contribution is 0.477. The minimum absolute atomic E-state index is 0.281. The Morgan fingerprint density at radius 2 is 1.79 bits per heavy atom. The summed E-state index contributed by atoms with van der Waals surface area (Å²) in [5, 5.41) is 0.859. The average Bonchev–Trinajstić information content (AvgIpc) is 2.41. The first kappa shape index (κ1) is 11.7. The number of fused-ring (bicyclic) bond motifs is 1. The van der Waals surface area contributed by atoms with Gasteiger partial charge in [-0.15, -0.1) is 0 Å². The Bertz CT molecular complexity index is 725. The molecule has 2 aromatic carbocycles. The van der Waals surface area contributed by atoms with Crippen LogP contribution in [0.2, 0.25) is 0 Å². The van der Waals surface area contributed by atoms with E-state index in [-0.39, 0.29) is 5.82 Å². The van der Waals surface area contributed by atoms with Crippen LogP contribution in [0.5, 0.6) is 11.5 Å². The maximum Gasteiger partial charge on any atom is 0.149 e. The van der Waals surface area contributed by atoms with Crippen molar-refractivity contribution in [2.75, 3.05) is 0 Å². The van der Waals surface area contributed by atoms with Crippen LogP contribution in [0.3, 0.4) is 0 Å². The molecule has 0 bridgehead atoms. The van der Waals surface area contributed by atoms with Gasteiger partial charge in [0, 0.05) is 11.5 Å². The fourth-order valence-electron chi connectivity index (χ4n) is 1.94. The molecule has 0 saturated heterocycles. The summed E-state index contributed by atoms with van der Waals surface area (Å²) in [6.45, 7) is 1.85. The van der Waals surface area contributed by atoms with Crippen molar-refractivity contribution in [3.8, 4) is 11.5 Å². The lowest BCUT2D eigenvalue weighted by Gasteiger charge is -2.09. The number of hydrogen-bond donors (Lipinski definition) is 0. The fourth-order valence-corrected chi connectivity index (χ4v) is 1.94. The second-order valence-corrected chi connectivity index (χ2v) is 4.32. The average molecular weight is 253 g/mol. The van der Waals surface area contributed by atoms with E-state index >= 15 is 0 Å². The summed E-state index contributed by atoms with van der Waals surface area (Å²) in [6.07, 6.45) is 0. The molecule has 0 saturated carbocycles. The Morgan fingerprint density at radius 3 is 2.58 bits per heavy atom. The minimum atomic E-state index is -0.281. The van der Waals surface area contributed by atoms with Crippen molar-refractivity contribution in [2.45, 2.75) is 6.92 Å². The smallest absolute Gasteiger partial charge is 0.149 e. The van der Waals surface area contributed by atoms with Gasteiger partial charge in [0.2, 0.25) is 0 Å². The monoisotopic (exact) mass is 253 g/mol. The number of para-hydroxylation sites is 1. The van der Waals surface area contributed by atoms with Gasteiger partial charge in [0.1, 0.15) is 17.3 Å². The molecule has 0 radical (unpaired) electrons. The molecule has 0 unspecified atom stereocenters. The highest BCUT2D eigenvalue weighted by Gasteiger charge is 2.06. The third-order valence-electron chi connectivity index (χ3n) is 2.89. The number of hydrogen-bond acceptors (Lipinski definition) is 2. The molecule has 0 spiro atoms. The minimum Gasteiger partial charge on any atom is -0.455 e. The maximum absolute atomic E-state index is 13.1. The molecule has 19 heavy (non-hydrogen) atoms. The first-order valence-electron chi connectivity index (χ1n) is 6.02. The number of nitrogens with zero attached hydrogens (tertiary/aromatic N) is 1. The zero-order valence-corrected chi connectivity index (χ0v) is 10.4. The van der Waals surface area contributed by atoms with Crippen molar-refractivity contribution in [2.24, 2.45) is 0 Å². The number of pyridine rings is 1. The quantitative estimate of drug-likeness (QED) is 0.672. The lowest BCUT2D eigenvalue weighted by atomic mass is 10.2. The van der Waals surface area contributed by atoms with Gasteiger partial charge >= 0.3 is 0 Å². The standard InChI is InChI=1S/C16H12FNO/c1-11-16(19-14-5-3-2-4-6-14)9-12-7-8-13(17)10-15(12)18-11/h2-10H,1H3. The molecule has 94 valence electrons. The predicted molar refractivity (Wildman–Crippen MR) is 73.0 cm³/mol. The van der Waals surface area contributed by atoms with E-state index in [1.165, 1.54) is 12.1 Å². The van der Waals surface area contributed by atoms with E-state index in [0.29, 0.717) is 11.3 Å². The molecule has 0 N–H and O–H groups in total. The van der Waals surface area contributed by atoms with Crippen LogP contribution < -0.4 is 4.74 Å². The summed E-state index contributed by atoms with van der Waals surface area (Å²) >= 11 is 0. The number of aryl methyl sites for hydroxylation is 1. The van der Waals surface area contributed by atoms with Crippen LogP contribution in [0.15, 0.2) is 54.6 Å². The number of rotatable bonds is 2. The van der Waals surface area contributed by atoms with Crippen molar-refractivity contribution in [3.63, 3.8) is 0 Å². The summed E-state index contributed by atoms with van der Waals surface area (Å²) < 4.78 is 18.9. The molecule has 0 fully saturated rings. The Kier molecular flexibility index (Phi) is 2.88. The van der Waals surface area contributed by atoms with Crippen molar-refractivity contribution >= 4 is 10.9 Å². The zero-order chi connectivity index (χ0) is 13.2. The molecule has 0 aliphatic heterocycles. The van der Waals surface area contributed by atoms with Crippen LogP contribution >= 0.6 is 0 Å². The van der Waals surface area contributed by atoms with Gasteiger partial charge in [-0.2, -0.15) is 0 Å². The molecular weight excluding hydrogens is 241 g/mol. The normalized spacial score (nSPS) is 10.6. The van der Waals surface area contributed by atoms with Gasteiger partial charge in [-0.25, -0.2) is 9.37 Å². The van der Waals surface area contributed by atoms with Gasteiger partial charge < -0.3 is 4.74 Å². The van der Waals surface area contributed by atoms with Crippen molar-refractivity contribution in [3.05, 3.63) is 66.1 Å². The molecule has 1 heterocycles. The highest BCUT2D eigenvalue weighted by Crippen LogP contribution is 2.27. The first-order chi connectivity index (χ1) is 9.22. The first-order valence-corrected chi connectivity index (χ1v) is 6.02. The van der Waals surface area contributed by atoms with E-state index in [4.69, 9.17) is 4.74 Å². The van der Waals surface area contributed by atoms with Crippen molar-refractivity contribution in [1.82, 2.24) is 4.98 Å². The van der Waals surface area contributed by atoms with Gasteiger partial charge in [-0.05, 0) is 37.3 Å². The SMILES string of the molecule is Cc1nc2cc(F)ccc2cc1Oc1ccccc1. The molecule has 0 atom stereocenters. The predicted octanol–water partition coefficient (Wildman–Crippen LogP) is 4.47. The van der Waals surface area contributed by atoms with E-state index in [9.17, 15) is 4.39 Å². The van der Waals surface area contributed by atoms with Gasteiger partial charge in [0.25, 0.3) is 0 Å². The van der Waals surface area contributed by atoms with Crippen LogP contribution in [0.4, 0.5) is 4.39 Å². The Morgan fingerprint density at radius 1 is 1.00 bits per heavy atom. The van der Waals surface area contributed by atoms with Gasteiger partial charge in [0.15, 0.2) is 0 Å². The van der Waals surface area contributed by atoms with Crippen LogP contribution in [-0.2, 0) is 0 Å². The third-order valence-corrected chi connectivity index (χ3v) is 2.89. The van der Waals surface area contributed by atoms with E-state index in [1.807, 2.05) is 43.3 Å². The molecule has 2 nitrogen and oxygen atoms in total. The number of benzene rings is 2. The summed E-state index contributed by atoms with van der Waals surface area (Å²) in [7, 11) is 0. The summed E-state index contributed by atoms with van der Waals surface area (Å²) in [6, 6.07) is 16.0. The van der Waals surface area contributed by atoms with Crippen LogP contribution in [-0.4, -0.2) is 4.98 Å². The van der Waals surface area contributed by atoms with Gasteiger partial charge in [-0.1, -0.05) is 18.2 Å². The highest BCUT2D eigenvalue weighted by atomic mass is 19.1. The molecule has 0 aliphatic carbocycles. The van der Waals surface area contributed by atoms with E-state index < -0.39 is 0 Å². The molecule has 1 aromatic heterocycles. The summed E-state index contributed by atoms with van der Waals surface area (Å²) in [5.74, 6) is 1.16. The van der Waals surface area contributed by atoms with Gasteiger partial charge in [0.05, 0.1) is 11.2 Å². The van der Waals surface area contributed by atoms with E-state index in [1.54, 1.807) is 6.07 Å². The number of aromatic nitrogens is 1. The molecule has 0 aliphatic rings. The Hall–Kier alpha value is -2.42. The number of ether oxygens (including phenoxy) is 1. The van der Waals surface area contributed by atoms with Crippen LogP contribution in [0, 0.1) is 12.7 Å². The van der Waals surface area contributed by atoms with Crippen LogP contribution in [0.1, 0.15) is 5.69 Å². The second kappa shape index (κ2) is 4.69. The summed E-state index contributed by atoms with van der Waals surface area (Å²) in [4.78, 5) is 4.37. The molecule has 0 amide bonds.